The van der Waals surface area contributed by atoms with Crippen molar-refractivity contribution >= 4 is 18.3 Å². The fraction of sp³-hybridized carbons (Fsp3) is 0.692. The summed E-state index contributed by atoms with van der Waals surface area (Å²) in [4.78, 5) is 12.0. The van der Waals surface area contributed by atoms with E-state index in [0.717, 1.165) is 36.3 Å². The molecule has 1 aliphatic heterocycles. The second-order valence-corrected chi connectivity index (χ2v) is 4.99. The van der Waals surface area contributed by atoms with E-state index in [1.54, 1.807) is 0 Å². The van der Waals surface area contributed by atoms with Crippen molar-refractivity contribution in [1.29, 1.82) is 0 Å². The lowest BCUT2D eigenvalue weighted by Gasteiger charge is -2.22. The molecule has 1 atom stereocenters. The van der Waals surface area contributed by atoms with Crippen molar-refractivity contribution in [3.63, 3.8) is 0 Å². The van der Waals surface area contributed by atoms with Crippen LogP contribution in [0.4, 0.5) is 0 Å². The molecule has 1 amide bonds. The molecule has 0 aliphatic carbocycles. The van der Waals surface area contributed by atoms with Crippen molar-refractivity contribution in [2.24, 2.45) is 7.05 Å². The fourth-order valence-corrected chi connectivity index (χ4v) is 2.45. The minimum atomic E-state index is -0.0176. The number of halogens is 1. The van der Waals surface area contributed by atoms with E-state index in [4.69, 9.17) is 0 Å². The van der Waals surface area contributed by atoms with Gasteiger partial charge < -0.3 is 10.6 Å². The highest BCUT2D eigenvalue weighted by atomic mass is 35.5. The molecule has 1 aromatic rings. The smallest absolute Gasteiger partial charge is 0.237 e. The van der Waals surface area contributed by atoms with E-state index in [-0.39, 0.29) is 24.4 Å². The number of carbonyl (C=O) groups is 1. The first-order valence-corrected chi connectivity index (χ1v) is 6.59. The lowest BCUT2D eigenvalue weighted by atomic mass is 10.0. The van der Waals surface area contributed by atoms with Crippen LogP contribution in [0.2, 0.25) is 0 Å². The van der Waals surface area contributed by atoms with E-state index in [0.29, 0.717) is 6.54 Å². The van der Waals surface area contributed by atoms with Crippen molar-refractivity contribution in [3.8, 4) is 0 Å². The summed E-state index contributed by atoms with van der Waals surface area (Å²) in [7, 11) is 1.93. The van der Waals surface area contributed by atoms with Gasteiger partial charge in [-0.05, 0) is 33.2 Å². The Kier molecular flexibility index (Phi) is 5.82. The molecule has 19 heavy (non-hydrogen) atoms. The molecule has 0 spiro atoms. The number of hydrogen-bond acceptors (Lipinski definition) is 3. The molecule has 108 valence electrons. The molecule has 6 heteroatoms. The van der Waals surface area contributed by atoms with Gasteiger partial charge in [0.05, 0.1) is 11.7 Å². The van der Waals surface area contributed by atoms with Crippen LogP contribution in [0.25, 0.3) is 0 Å². The van der Waals surface area contributed by atoms with Crippen molar-refractivity contribution in [2.75, 3.05) is 6.54 Å². The number of hydrogen-bond donors (Lipinski definition) is 2. The number of piperidine rings is 1. The molecule has 1 saturated heterocycles. The summed E-state index contributed by atoms with van der Waals surface area (Å²) in [6, 6.07) is -0.0176. The van der Waals surface area contributed by atoms with Gasteiger partial charge in [-0.15, -0.1) is 12.4 Å². The van der Waals surface area contributed by atoms with Gasteiger partial charge in [0.25, 0.3) is 0 Å². The molecule has 2 rings (SSSR count). The Morgan fingerprint density at radius 3 is 2.74 bits per heavy atom. The molecule has 0 radical (unpaired) electrons. The van der Waals surface area contributed by atoms with Crippen LogP contribution < -0.4 is 10.6 Å². The first kappa shape index (κ1) is 16.0. The summed E-state index contributed by atoms with van der Waals surface area (Å²) in [5.41, 5.74) is 3.23. The van der Waals surface area contributed by atoms with Crippen LogP contribution in [0.3, 0.4) is 0 Å². The largest absolute Gasteiger partial charge is 0.351 e. The van der Waals surface area contributed by atoms with E-state index in [1.165, 1.54) is 6.42 Å². The van der Waals surface area contributed by atoms with Gasteiger partial charge in [-0.1, -0.05) is 6.42 Å². The third-order valence-electron chi connectivity index (χ3n) is 3.73. The highest BCUT2D eigenvalue weighted by Crippen LogP contribution is 2.12. The van der Waals surface area contributed by atoms with Gasteiger partial charge in [0.2, 0.25) is 5.91 Å². The normalized spacial score (nSPS) is 18.8. The van der Waals surface area contributed by atoms with Crippen LogP contribution in [0.15, 0.2) is 0 Å². The maximum Gasteiger partial charge on any atom is 0.237 e. The summed E-state index contributed by atoms with van der Waals surface area (Å²) in [6.45, 7) is 5.53. The van der Waals surface area contributed by atoms with Crippen molar-refractivity contribution in [2.45, 2.75) is 45.7 Å². The monoisotopic (exact) mass is 286 g/mol. The van der Waals surface area contributed by atoms with Crippen molar-refractivity contribution in [1.82, 2.24) is 20.4 Å². The number of nitrogens with zero attached hydrogens (tertiary/aromatic N) is 2. The number of aromatic nitrogens is 2. The number of aryl methyl sites for hydroxylation is 2. The predicted octanol–water partition coefficient (Wildman–Crippen LogP) is 1.22. The molecule has 2 heterocycles. The molecule has 2 N–H and O–H groups in total. The quantitative estimate of drug-likeness (QED) is 0.878. The van der Waals surface area contributed by atoms with E-state index in [1.807, 2.05) is 25.6 Å². The number of carbonyl (C=O) groups excluding carboxylic acids is 1. The molecular weight excluding hydrogens is 264 g/mol. The Morgan fingerprint density at radius 2 is 2.21 bits per heavy atom. The Labute approximate surface area is 120 Å². The summed E-state index contributed by atoms with van der Waals surface area (Å²) >= 11 is 0. The zero-order valence-electron chi connectivity index (χ0n) is 11.8. The van der Waals surface area contributed by atoms with Crippen molar-refractivity contribution < 1.29 is 4.79 Å². The molecular formula is C13H23ClN4O. The maximum absolute atomic E-state index is 12.0. The zero-order chi connectivity index (χ0) is 13.1. The molecule has 1 fully saturated rings. The number of amides is 1. The number of nitrogens with one attached hydrogen (secondary N) is 2. The Bertz CT molecular complexity index is 438. The Balaban J connectivity index is 0.00000180. The zero-order valence-corrected chi connectivity index (χ0v) is 12.6. The molecule has 0 aromatic carbocycles. The van der Waals surface area contributed by atoms with Crippen LogP contribution in [0, 0.1) is 13.8 Å². The molecule has 0 bridgehead atoms. The van der Waals surface area contributed by atoms with Crippen LogP contribution >= 0.6 is 12.4 Å². The van der Waals surface area contributed by atoms with Gasteiger partial charge in [0.1, 0.15) is 0 Å². The Hall–Kier alpha value is -1.07. The van der Waals surface area contributed by atoms with E-state index < -0.39 is 0 Å². The van der Waals surface area contributed by atoms with Gasteiger partial charge in [-0.2, -0.15) is 5.10 Å². The first-order valence-electron chi connectivity index (χ1n) is 6.59. The van der Waals surface area contributed by atoms with Crippen LogP contribution in [-0.4, -0.2) is 28.3 Å². The van der Waals surface area contributed by atoms with E-state index >= 15 is 0 Å². The molecule has 0 saturated carbocycles. The summed E-state index contributed by atoms with van der Waals surface area (Å²) in [5, 5.41) is 10.6. The first-order chi connectivity index (χ1) is 8.59. The molecule has 1 aliphatic rings. The second kappa shape index (κ2) is 6.91. The van der Waals surface area contributed by atoms with Crippen LogP contribution in [0.1, 0.15) is 36.2 Å². The van der Waals surface area contributed by atoms with Crippen LogP contribution in [0.5, 0.6) is 0 Å². The predicted molar refractivity (Wildman–Crippen MR) is 77.4 cm³/mol. The summed E-state index contributed by atoms with van der Waals surface area (Å²) in [6.07, 6.45) is 3.25. The van der Waals surface area contributed by atoms with Gasteiger partial charge >= 0.3 is 0 Å². The standard InChI is InChI=1S/C13H22N4O.ClH/c1-9-11(10(2)17(3)16-9)8-15-13(18)12-6-4-5-7-14-12;/h12,14H,4-8H2,1-3H3,(H,15,18);1H/t12-;/m1./s1. The highest BCUT2D eigenvalue weighted by Gasteiger charge is 2.20. The topological polar surface area (TPSA) is 59.0 Å². The highest BCUT2D eigenvalue weighted by molar-refractivity contribution is 5.85. The van der Waals surface area contributed by atoms with Crippen LogP contribution in [-0.2, 0) is 18.4 Å². The number of rotatable bonds is 3. The minimum Gasteiger partial charge on any atom is -0.351 e. The average molecular weight is 287 g/mol. The third-order valence-corrected chi connectivity index (χ3v) is 3.73. The maximum atomic E-state index is 12.0. The molecule has 5 nitrogen and oxygen atoms in total. The minimum absolute atomic E-state index is 0. The van der Waals surface area contributed by atoms with Gasteiger partial charge in [-0.25, -0.2) is 0 Å². The lowest BCUT2D eigenvalue weighted by molar-refractivity contribution is -0.123. The third kappa shape index (κ3) is 3.70. The molecule has 1 aromatic heterocycles. The van der Waals surface area contributed by atoms with E-state index in [2.05, 4.69) is 15.7 Å². The fourth-order valence-electron chi connectivity index (χ4n) is 2.45. The lowest BCUT2D eigenvalue weighted by Crippen LogP contribution is -2.46. The second-order valence-electron chi connectivity index (χ2n) is 4.99. The summed E-state index contributed by atoms with van der Waals surface area (Å²) < 4.78 is 1.86. The Morgan fingerprint density at radius 1 is 1.47 bits per heavy atom. The van der Waals surface area contributed by atoms with Gasteiger partial charge in [0, 0.05) is 24.8 Å². The average Bonchev–Trinajstić information content (AvgIpc) is 2.62. The van der Waals surface area contributed by atoms with Gasteiger partial charge in [-0.3, -0.25) is 9.48 Å². The summed E-state index contributed by atoms with van der Waals surface area (Å²) in [5.74, 6) is 0.109. The van der Waals surface area contributed by atoms with Crippen molar-refractivity contribution in [3.05, 3.63) is 17.0 Å². The SMILES string of the molecule is Cc1nn(C)c(C)c1CNC(=O)[C@H]1CCCCN1.Cl. The van der Waals surface area contributed by atoms with E-state index in [9.17, 15) is 4.79 Å². The molecule has 0 unspecified atom stereocenters. The van der Waals surface area contributed by atoms with Gasteiger partial charge in [0.15, 0.2) is 0 Å².